The van der Waals surface area contributed by atoms with Gasteiger partial charge in [0, 0.05) is 12.0 Å². The minimum atomic E-state index is -0.224. The predicted octanol–water partition coefficient (Wildman–Crippen LogP) is 4.85. The molecule has 7 heteroatoms. The molecule has 0 unspecified atom stereocenters. The SMILES string of the molecule is COc1cccc(-c2c(Cl)nc(CCCC3CCN(C)CC3)c(=O)n2CC(=O)CC(C)C)c1. The van der Waals surface area contributed by atoms with E-state index < -0.39 is 0 Å². The summed E-state index contributed by atoms with van der Waals surface area (Å²) in [5.74, 6) is 1.58. The lowest BCUT2D eigenvalue weighted by Gasteiger charge is -2.28. The summed E-state index contributed by atoms with van der Waals surface area (Å²) in [4.78, 5) is 33.0. The Bertz CT molecular complexity index is 1010. The van der Waals surface area contributed by atoms with Crippen LogP contribution in [0.1, 0.15) is 51.6 Å². The molecule has 3 rings (SSSR count). The molecule has 6 nitrogen and oxygen atoms in total. The quantitative estimate of drug-likeness (QED) is 0.493. The molecule has 33 heavy (non-hydrogen) atoms. The van der Waals surface area contributed by atoms with Crippen molar-refractivity contribution in [2.75, 3.05) is 27.2 Å². The van der Waals surface area contributed by atoms with Crippen LogP contribution >= 0.6 is 11.6 Å². The van der Waals surface area contributed by atoms with Crippen LogP contribution in [0.2, 0.25) is 5.15 Å². The number of carbonyl (C=O) groups excluding carboxylic acids is 1. The van der Waals surface area contributed by atoms with Crippen LogP contribution in [0.4, 0.5) is 0 Å². The number of Topliss-reactive ketones (excluding diaryl/α,β-unsaturated/α-hetero) is 1. The van der Waals surface area contributed by atoms with E-state index in [1.807, 2.05) is 38.1 Å². The van der Waals surface area contributed by atoms with Crippen LogP contribution in [0.15, 0.2) is 29.1 Å². The minimum absolute atomic E-state index is 0.00619. The van der Waals surface area contributed by atoms with Crippen molar-refractivity contribution in [3.8, 4) is 17.0 Å². The molecule has 0 bridgehead atoms. The topological polar surface area (TPSA) is 64.4 Å². The highest BCUT2D eigenvalue weighted by Gasteiger charge is 2.21. The lowest BCUT2D eigenvalue weighted by molar-refractivity contribution is -0.120. The summed E-state index contributed by atoms with van der Waals surface area (Å²) in [7, 11) is 3.75. The molecule has 180 valence electrons. The van der Waals surface area contributed by atoms with Crippen LogP contribution in [-0.2, 0) is 17.8 Å². The van der Waals surface area contributed by atoms with E-state index in [2.05, 4.69) is 16.9 Å². The van der Waals surface area contributed by atoms with E-state index in [-0.39, 0.29) is 29.0 Å². The molecule has 0 radical (unpaired) electrons. The third-order valence-electron chi connectivity index (χ3n) is 6.37. The van der Waals surface area contributed by atoms with Crippen molar-refractivity contribution in [3.63, 3.8) is 0 Å². The second-order valence-electron chi connectivity index (χ2n) is 9.60. The van der Waals surface area contributed by atoms with Crippen LogP contribution in [-0.4, -0.2) is 47.5 Å². The van der Waals surface area contributed by atoms with Crippen molar-refractivity contribution in [3.05, 3.63) is 45.5 Å². The Morgan fingerprint density at radius 1 is 1.27 bits per heavy atom. The van der Waals surface area contributed by atoms with Gasteiger partial charge in [-0.15, -0.1) is 0 Å². The van der Waals surface area contributed by atoms with Crippen molar-refractivity contribution in [1.29, 1.82) is 0 Å². The van der Waals surface area contributed by atoms with E-state index in [1.54, 1.807) is 7.11 Å². The molecule has 1 saturated heterocycles. The zero-order valence-electron chi connectivity index (χ0n) is 20.3. The number of aromatic nitrogens is 2. The first-order valence-corrected chi connectivity index (χ1v) is 12.3. The molecule has 0 atom stereocenters. The first-order valence-electron chi connectivity index (χ1n) is 11.9. The highest BCUT2D eigenvalue weighted by molar-refractivity contribution is 6.31. The number of piperidine rings is 1. The normalized spacial score (nSPS) is 15.2. The lowest BCUT2D eigenvalue weighted by Crippen LogP contribution is -2.31. The van der Waals surface area contributed by atoms with Crippen LogP contribution in [0.5, 0.6) is 5.75 Å². The number of likely N-dealkylation sites (tertiary alicyclic amines) is 1. The van der Waals surface area contributed by atoms with Gasteiger partial charge >= 0.3 is 0 Å². The maximum absolute atomic E-state index is 13.5. The molecule has 0 saturated carbocycles. The first-order chi connectivity index (χ1) is 15.8. The van der Waals surface area contributed by atoms with Gasteiger partial charge in [-0.1, -0.05) is 37.6 Å². The Labute approximate surface area is 201 Å². The fourth-order valence-corrected chi connectivity index (χ4v) is 4.87. The van der Waals surface area contributed by atoms with E-state index in [0.717, 1.165) is 25.9 Å². The van der Waals surface area contributed by atoms with Gasteiger partial charge in [-0.25, -0.2) is 4.98 Å². The van der Waals surface area contributed by atoms with Gasteiger partial charge in [0.25, 0.3) is 5.56 Å². The monoisotopic (exact) mass is 473 g/mol. The molecule has 1 aliphatic heterocycles. The van der Waals surface area contributed by atoms with E-state index in [4.69, 9.17) is 16.3 Å². The van der Waals surface area contributed by atoms with Gasteiger partial charge < -0.3 is 9.64 Å². The van der Waals surface area contributed by atoms with Crippen LogP contribution < -0.4 is 10.3 Å². The Hall–Kier alpha value is -2.18. The number of hydrogen-bond acceptors (Lipinski definition) is 5. The molecule has 2 aromatic rings. The summed E-state index contributed by atoms with van der Waals surface area (Å²) in [5.41, 5.74) is 1.39. The molecule has 1 aromatic heterocycles. The number of methoxy groups -OCH3 is 1. The number of aryl methyl sites for hydroxylation is 1. The predicted molar refractivity (Wildman–Crippen MR) is 133 cm³/mol. The Morgan fingerprint density at radius 3 is 2.67 bits per heavy atom. The van der Waals surface area contributed by atoms with Crippen molar-refractivity contribution in [2.45, 2.75) is 58.9 Å². The molecule has 1 aliphatic rings. The largest absolute Gasteiger partial charge is 0.497 e. The Balaban J connectivity index is 1.89. The van der Waals surface area contributed by atoms with Gasteiger partial charge in [0.1, 0.15) is 11.4 Å². The average molecular weight is 474 g/mol. The third-order valence-corrected chi connectivity index (χ3v) is 6.63. The smallest absolute Gasteiger partial charge is 0.273 e. The minimum Gasteiger partial charge on any atom is -0.497 e. The van der Waals surface area contributed by atoms with Crippen LogP contribution in [0.25, 0.3) is 11.3 Å². The number of hydrogen-bond donors (Lipinski definition) is 0. The summed E-state index contributed by atoms with van der Waals surface area (Å²) in [5, 5.41) is 0.245. The summed E-state index contributed by atoms with van der Waals surface area (Å²) < 4.78 is 6.85. The fourth-order valence-electron chi connectivity index (χ4n) is 4.55. The molecule has 1 aromatic carbocycles. The first kappa shape index (κ1) is 25.4. The fraction of sp³-hybridized carbons (Fsp3) is 0.577. The zero-order chi connectivity index (χ0) is 24.0. The number of halogens is 1. The standard InChI is InChI=1S/C26H36ClN3O3/c1-18(2)15-21(31)17-30-24(20-8-6-9-22(16-20)33-4)25(27)28-23(26(30)32)10-5-7-19-11-13-29(3)14-12-19/h6,8-9,16,18-19H,5,7,10-15,17H2,1-4H3. The van der Waals surface area contributed by atoms with E-state index in [9.17, 15) is 9.59 Å². The van der Waals surface area contributed by atoms with Crippen molar-refractivity contribution in [2.24, 2.45) is 11.8 Å². The van der Waals surface area contributed by atoms with E-state index in [0.29, 0.717) is 41.5 Å². The maximum atomic E-state index is 13.5. The lowest BCUT2D eigenvalue weighted by atomic mass is 9.91. The van der Waals surface area contributed by atoms with Gasteiger partial charge in [0.05, 0.1) is 19.3 Å². The number of nitrogens with zero attached hydrogens (tertiary/aromatic N) is 3. The van der Waals surface area contributed by atoms with Gasteiger partial charge in [-0.3, -0.25) is 14.2 Å². The zero-order valence-corrected chi connectivity index (χ0v) is 21.0. The van der Waals surface area contributed by atoms with Crippen LogP contribution in [0.3, 0.4) is 0 Å². The molecular weight excluding hydrogens is 438 g/mol. The highest BCUT2D eigenvalue weighted by atomic mass is 35.5. The third kappa shape index (κ3) is 6.90. The molecular formula is C26H36ClN3O3. The summed E-state index contributed by atoms with van der Waals surface area (Å²) in [6.07, 6.45) is 5.36. The number of ketones is 1. The number of carbonyl (C=O) groups is 1. The average Bonchev–Trinajstić information content (AvgIpc) is 2.77. The summed E-state index contributed by atoms with van der Waals surface area (Å²) in [6, 6.07) is 7.33. The second-order valence-corrected chi connectivity index (χ2v) is 9.95. The van der Waals surface area contributed by atoms with Crippen LogP contribution in [0, 0.1) is 11.8 Å². The highest BCUT2D eigenvalue weighted by Crippen LogP contribution is 2.29. The van der Waals surface area contributed by atoms with E-state index in [1.165, 1.54) is 17.4 Å². The van der Waals surface area contributed by atoms with E-state index >= 15 is 0 Å². The molecule has 0 N–H and O–H groups in total. The van der Waals surface area contributed by atoms with Crippen molar-refractivity contribution >= 4 is 17.4 Å². The number of rotatable bonds is 10. The Morgan fingerprint density at radius 2 is 2.00 bits per heavy atom. The van der Waals surface area contributed by atoms with Crippen molar-refractivity contribution in [1.82, 2.24) is 14.5 Å². The second kappa shape index (κ2) is 11.8. The van der Waals surface area contributed by atoms with Gasteiger partial charge in [0.2, 0.25) is 0 Å². The molecule has 0 aliphatic carbocycles. The molecule has 1 fully saturated rings. The summed E-state index contributed by atoms with van der Waals surface area (Å²) in [6.45, 7) is 6.26. The molecule has 0 spiro atoms. The van der Waals surface area contributed by atoms with Gasteiger partial charge in [-0.2, -0.15) is 0 Å². The maximum Gasteiger partial charge on any atom is 0.273 e. The number of benzene rings is 1. The Kier molecular flexibility index (Phi) is 9.10. The molecule has 2 heterocycles. The van der Waals surface area contributed by atoms with Crippen molar-refractivity contribution < 1.29 is 9.53 Å². The summed E-state index contributed by atoms with van der Waals surface area (Å²) >= 11 is 6.64. The van der Waals surface area contributed by atoms with Gasteiger partial charge in [0.15, 0.2) is 10.9 Å². The number of ether oxygens (including phenoxy) is 1. The van der Waals surface area contributed by atoms with Gasteiger partial charge in [-0.05, 0) is 76.2 Å². The molecule has 0 amide bonds.